The van der Waals surface area contributed by atoms with Crippen LogP contribution in [0.25, 0.3) is 0 Å². The van der Waals surface area contributed by atoms with Gasteiger partial charge in [-0.2, -0.15) is 0 Å². The molecular formula is C37H79P. The molecule has 0 aromatic heterocycles. The quantitative estimate of drug-likeness (QED) is 0.0559. The van der Waals surface area contributed by atoms with Crippen LogP contribution in [0, 0.1) is 0 Å². The van der Waals surface area contributed by atoms with Gasteiger partial charge in [-0.05, 0) is 0 Å². The molecule has 0 aromatic carbocycles. The normalized spacial score (nSPS) is 12.4. The zero-order valence-corrected chi connectivity index (χ0v) is 28.8. The monoisotopic (exact) mass is 555 g/mol. The van der Waals surface area contributed by atoms with Crippen molar-refractivity contribution in [1.29, 1.82) is 0 Å². The second kappa shape index (κ2) is 32.0. The summed E-state index contributed by atoms with van der Waals surface area (Å²) in [4.78, 5) is 0. The van der Waals surface area contributed by atoms with Crippen molar-refractivity contribution in [2.45, 2.75) is 214 Å². The Labute approximate surface area is 245 Å². The first kappa shape index (κ1) is 38.4. The molecular weight excluding hydrogens is 475 g/mol. The predicted octanol–water partition coefficient (Wildman–Crippen LogP) is 14.1. The molecule has 232 valence electrons. The fourth-order valence-electron chi connectivity index (χ4n) is 6.76. The molecule has 0 rings (SSSR count). The number of rotatable bonds is 33. The van der Waals surface area contributed by atoms with Gasteiger partial charge in [0.05, 0.1) is 0 Å². The van der Waals surface area contributed by atoms with Crippen molar-refractivity contribution >= 4 is 7.26 Å². The summed E-state index contributed by atoms with van der Waals surface area (Å²) in [7, 11) is -1.08. The molecule has 0 aliphatic carbocycles. The van der Waals surface area contributed by atoms with Gasteiger partial charge in [0.25, 0.3) is 0 Å². The summed E-state index contributed by atoms with van der Waals surface area (Å²) in [5.41, 5.74) is 0. The Morgan fingerprint density at radius 1 is 0.211 bits per heavy atom. The van der Waals surface area contributed by atoms with Crippen LogP contribution in [0.15, 0.2) is 0 Å². The van der Waals surface area contributed by atoms with Gasteiger partial charge in [0.15, 0.2) is 0 Å². The molecule has 0 aliphatic rings. The van der Waals surface area contributed by atoms with Gasteiger partial charge >= 0.3 is 220 Å². The van der Waals surface area contributed by atoms with E-state index >= 15 is 0 Å². The second-order valence-electron chi connectivity index (χ2n) is 13.3. The Bertz CT molecular complexity index is 381. The third kappa shape index (κ3) is 26.6. The Morgan fingerprint density at radius 3 is 0.553 bits per heavy atom. The van der Waals surface area contributed by atoms with E-state index in [1.807, 2.05) is 0 Å². The topological polar surface area (TPSA) is 0 Å². The van der Waals surface area contributed by atoms with Crippen molar-refractivity contribution < 1.29 is 0 Å². The van der Waals surface area contributed by atoms with Crippen LogP contribution in [0.5, 0.6) is 0 Å². The zero-order valence-electron chi connectivity index (χ0n) is 27.8. The minimum absolute atomic E-state index is 1.08. The summed E-state index contributed by atoms with van der Waals surface area (Å²) in [6.45, 7) is 9.41. The van der Waals surface area contributed by atoms with Gasteiger partial charge in [0.2, 0.25) is 0 Å². The van der Waals surface area contributed by atoms with E-state index in [9.17, 15) is 0 Å². The van der Waals surface area contributed by atoms with E-state index < -0.39 is 7.26 Å². The molecule has 0 radical (unpaired) electrons. The molecule has 0 nitrogen and oxygen atoms in total. The molecule has 0 heterocycles. The van der Waals surface area contributed by atoms with Gasteiger partial charge in [-0.3, -0.25) is 0 Å². The predicted molar refractivity (Wildman–Crippen MR) is 184 cm³/mol. The van der Waals surface area contributed by atoms with Gasteiger partial charge in [-0.25, -0.2) is 0 Å². The number of hydrogen-bond acceptors (Lipinski definition) is 0. The number of unbranched alkanes of at least 4 members (excludes halogenated alkanes) is 25. The fourth-order valence-corrected chi connectivity index (χ4v) is 12.3. The first-order chi connectivity index (χ1) is 18.7. The van der Waals surface area contributed by atoms with Crippen LogP contribution in [0.2, 0.25) is 0 Å². The average Bonchev–Trinajstić information content (AvgIpc) is 2.93. The summed E-state index contributed by atoms with van der Waals surface area (Å²) < 4.78 is 0. The molecule has 0 atom stereocenters. The summed E-state index contributed by atoms with van der Waals surface area (Å²) >= 11 is 0. The van der Waals surface area contributed by atoms with Crippen molar-refractivity contribution in [1.82, 2.24) is 0 Å². The molecule has 0 aliphatic heterocycles. The first-order valence-corrected chi connectivity index (χ1v) is 21.6. The van der Waals surface area contributed by atoms with E-state index in [2.05, 4.69) is 27.7 Å². The van der Waals surface area contributed by atoms with Crippen molar-refractivity contribution in [2.75, 3.05) is 24.6 Å². The molecule has 0 amide bonds. The van der Waals surface area contributed by atoms with Crippen LogP contribution in [0.3, 0.4) is 0 Å². The summed E-state index contributed by atoms with van der Waals surface area (Å²) in [5.74, 6) is 0. The first-order valence-electron chi connectivity index (χ1n) is 18.7. The Morgan fingerprint density at radius 2 is 0.368 bits per heavy atom. The third-order valence-corrected chi connectivity index (χ3v) is 15.1. The van der Waals surface area contributed by atoms with E-state index in [0.29, 0.717) is 0 Å². The molecule has 0 unspecified atom stereocenters. The molecule has 0 aromatic rings. The number of hydrogen-bond donors (Lipinski definition) is 0. The molecule has 38 heavy (non-hydrogen) atoms. The van der Waals surface area contributed by atoms with E-state index in [0.717, 1.165) is 0 Å². The molecule has 0 fully saturated rings. The van der Waals surface area contributed by atoms with Gasteiger partial charge in [-0.1, -0.05) is 26.2 Å². The van der Waals surface area contributed by atoms with Crippen molar-refractivity contribution in [2.24, 2.45) is 0 Å². The Balaban J connectivity index is 4.40. The maximum atomic E-state index is 2.36. The average molecular weight is 555 g/mol. The summed E-state index contributed by atoms with van der Waals surface area (Å²) in [6, 6.07) is 0. The molecule has 0 N–H and O–H groups in total. The van der Waals surface area contributed by atoms with Crippen molar-refractivity contribution in [3.05, 3.63) is 0 Å². The Hall–Kier alpha value is 0.430. The Kier molecular flexibility index (Phi) is 32.3. The van der Waals surface area contributed by atoms with Crippen molar-refractivity contribution in [3.63, 3.8) is 0 Å². The molecule has 0 bridgehead atoms. The van der Waals surface area contributed by atoms with Crippen molar-refractivity contribution in [3.8, 4) is 0 Å². The molecule has 1 heteroatoms. The van der Waals surface area contributed by atoms with Gasteiger partial charge < -0.3 is 0 Å². The van der Waals surface area contributed by atoms with Gasteiger partial charge in [-0.15, -0.1) is 0 Å². The van der Waals surface area contributed by atoms with Crippen LogP contribution in [0.1, 0.15) is 214 Å². The molecule has 0 saturated carbocycles. The van der Waals surface area contributed by atoms with Crippen LogP contribution >= 0.6 is 7.26 Å². The summed E-state index contributed by atoms with van der Waals surface area (Å²) in [5, 5.41) is 0. The van der Waals surface area contributed by atoms with Crippen LogP contribution < -0.4 is 0 Å². The van der Waals surface area contributed by atoms with E-state index in [1.165, 1.54) is 161 Å². The zero-order chi connectivity index (χ0) is 27.8. The third-order valence-electron chi connectivity index (χ3n) is 9.49. The SMILES string of the molecule is CCCCCCCCCCCCCCCC[PH](CCCCCCC)(CCCCCCC)CCCCCCC. The minimum atomic E-state index is -1.08. The van der Waals surface area contributed by atoms with Crippen LogP contribution in [-0.2, 0) is 0 Å². The summed E-state index contributed by atoms with van der Waals surface area (Å²) in [6.07, 6.45) is 49.9. The standard InChI is InChI=1S/C37H79P/c1-5-9-13-17-18-19-20-21-22-23-24-25-29-33-37-38(34-30-26-14-10-6-2,35-31-27-15-11-7-3)36-32-28-16-12-8-4/h38H,5-37H2,1-4H3. The second-order valence-corrected chi connectivity index (χ2v) is 18.3. The van der Waals surface area contributed by atoms with E-state index in [1.54, 1.807) is 50.3 Å². The maximum absolute atomic E-state index is 2.36. The van der Waals surface area contributed by atoms with Crippen LogP contribution in [-0.4, -0.2) is 24.6 Å². The van der Waals surface area contributed by atoms with E-state index in [4.69, 9.17) is 0 Å². The van der Waals surface area contributed by atoms with Gasteiger partial charge in [0, 0.05) is 0 Å². The molecule has 0 saturated heterocycles. The fraction of sp³-hybridized carbons (Fsp3) is 1.00. The van der Waals surface area contributed by atoms with Crippen LogP contribution in [0.4, 0.5) is 0 Å². The van der Waals surface area contributed by atoms with Gasteiger partial charge in [0.1, 0.15) is 0 Å². The van der Waals surface area contributed by atoms with E-state index in [-0.39, 0.29) is 0 Å². The molecule has 0 spiro atoms.